The van der Waals surface area contributed by atoms with Crippen molar-refractivity contribution in [2.45, 2.75) is 6.42 Å². The molecule has 0 unspecified atom stereocenters. The summed E-state index contributed by atoms with van der Waals surface area (Å²) in [6, 6.07) is 12.7. The van der Waals surface area contributed by atoms with Gasteiger partial charge < -0.3 is 5.32 Å². The van der Waals surface area contributed by atoms with Crippen LogP contribution in [0.4, 0.5) is 5.13 Å². The van der Waals surface area contributed by atoms with Gasteiger partial charge in [-0.2, -0.15) is 0 Å². The smallest absolute Gasteiger partial charge is 0.302 e. The molecule has 0 aliphatic carbocycles. The molecule has 4 rings (SSSR count). The van der Waals surface area contributed by atoms with Crippen molar-refractivity contribution >= 4 is 43.5 Å². The molecule has 0 spiro atoms. The second-order valence-electron chi connectivity index (χ2n) is 5.84. The highest BCUT2D eigenvalue weighted by molar-refractivity contribution is 7.22. The lowest BCUT2D eigenvalue weighted by Crippen LogP contribution is -2.29. The van der Waals surface area contributed by atoms with Crippen LogP contribution in [0.25, 0.3) is 21.1 Å². The van der Waals surface area contributed by atoms with Crippen molar-refractivity contribution in [3.63, 3.8) is 0 Å². The predicted molar refractivity (Wildman–Crippen MR) is 102 cm³/mol. The van der Waals surface area contributed by atoms with Gasteiger partial charge in [-0.15, -0.1) is 0 Å². The Hall–Kier alpha value is -3.26. The zero-order chi connectivity index (χ0) is 18.3. The average molecular weight is 366 g/mol. The molecule has 2 heterocycles. The number of benzene rings is 2. The third-order valence-corrected chi connectivity index (χ3v) is 5.09. The van der Waals surface area contributed by atoms with Crippen molar-refractivity contribution in [1.82, 2.24) is 14.5 Å². The first-order valence-corrected chi connectivity index (χ1v) is 8.71. The van der Waals surface area contributed by atoms with Crippen LogP contribution in [-0.4, -0.2) is 20.4 Å². The maximum Gasteiger partial charge on any atom is 0.328 e. The minimum absolute atomic E-state index is 0.00848. The summed E-state index contributed by atoms with van der Waals surface area (Å²) >= 11 is 1.39. The van der Waals surface area contributed by atoms with Crippen molar-refractivity contribution in [2.75, 3.05) is 5.32 Å². The van der Waals surface area contributed by atoms with Gasteiger partial charge >= 0.3 is 5.69 Å². The molecular formula is C18H14N4O3S. The van der Waals surface area contributed by atoms with Gasteiger partial charge in [0.2, 0.25) is 5.91 Å². The second-order valence-corrected chi connectivity index (χ2v) is 6.87. The van der Waals surface area contributed by atoms with Gasteiger partial charge in [-0.05, 0) is 23.8 Å². The fourth-order valence-electron chi connectivity index (χ4n) is 2.89. The largest absolute Gasteiger partial charge is 0.328 e. The van der Waals surface area contributed by atoms with Crippen molar-refractivity contribution in [3.8, 4) is 0 Å². The standard InChI is InChI=1S/C18H14N4O3S/c1-22-12-7-4-5-10(15(12)16(24)21-18(22)25)9-14(23)20-17-19-11-6-2-3-8-13(11)26-17/h2-8H,9H2,1H3,(H,19,20,23)(H,21,24,25). The van der Waals surface area contributed by atoms with Gasteiger partial charge in [0.15, 0.2) is 5.13 Å². The quantitative estimate of drug-likeness (QED) is 0.580. The van der Waals surface area contributed by atoms with Crippen LogP contribution in [0.15, 0.2) is 52.1 Å². The van der Waals surface area contributed by atoms with E-state index in [1.807, 2.05) is 24.3 Å². The summed E-state index contributed by atoms with van der Waals surface area (Å²) in [5.41, 5.74) is 0.886. The Morgan fingerprint density at radius 3 is 2.81 bits per heavy atom. The number of carbonyl (C=O) groups is 1. The molecular weight excluding hydrogens is 352 g/mol. The number of thiazole rings is 1. The number of aromatic amines is 1. The molecule has 0 aliphatic rings. The van der Waals surface area contributed by atoms with Crippen molar-refractivity contribution in [2.24, 2.45) is 7.05 Å². The third kappa shape index (κ3) is 2.80. The molecule has 4 aromatic rings. The number of nitrogens with zero attached hydrogens (tertiary/aromatic N) is 2. The maximum absolute atomic E-state index is 12.4. The van der Waals surface area contributed by atoms with Gasteiger partial charge in [0.05, 0.1) is 27.5 Å². The molecule has 7 nitrogen and oxygen atoms in total. The van der Waals surface area contributed by atoms with Gasteiger partial charge in [-0.1, -0.05) is 35.6 Å². The van der Waals surface area contributed by atoms with Crippen molar-refractivity contribution in [1.29, 1.82) is 0 Å². The molecule has 0 radical (unpaired) electrons. The Bertz CT molecular complexity index is 1240. The van der Waals surface area contributed by atoms with Crippen molar-refractivity contribution in [3.05, 3.63) is 68.9 Å². The maximum atomic E-state index is 12.4. The van der Waals surface area contributed by atoms with Gasteiger partial charge in [0, 0.05) is 7.05 Å². The van der Waals surface area contributed by atoms with Crippen LogP contribution in [-0.2, 0) is 18.3 Å². The SMILES string of the molecule is Cn1c(=O)[nH]c(=O)c2c(CC(=O)Nc3nc4ccccc4s3)cccc21. The van der Waals surface area contributed by atoms with Gasteiger partial charge in [0.1, 0.15) is 0 Å². The van der Waals surface area contributed by atoms with E-state index < -0.39 is 11.2 Å². The number of para-hydroxylation sites is 1. The van der Waals surface area contributed by atoms with Crippen LogP contribution in [0.5, 0.6) is 0 Å². The minimum Gasteiger partial charge on any atom is -0.302 e. The number of rotatable bonds is 3. The minimum atomic E-state index is -0.494. The Morgan fingerprint density at radius 2 is 2.00 bits per heavy atom. The van der Waals surface area contributed by atoms with Crippen molar-refractivity contribution < 1.29 is 4.79 Å². The lowest BCUT2D eigenvalue weighted by atomic mass is 10.1. The molecule has 130 valence electrons. The Morgan fingerprint density at radius 1 is 1.19 bits per heavy atom. The number of carbonyl (C=O) groups excluding carboxylic acids is 1. The summed E-state index contributed by atoms with van der Waals surface area (Å²) in [5.74, 6) is -0.273. The molecule has 0 atom stereocenters. The molecule has 2 aromatic heterocycles. The molecule has 0 aliphatic heterocycles. The first-order chi connectivity index (χ1) is 12.5. The molecule has 8 heteroatoms. The van der Waals surface area contributed by atoms with Crippen LogP contribution in [0, 0.1) is 0 Å². The first-order valence-electron chi connectivity index (χ1n) is 7.89. The zero-order valence-electron chi connectivity index (χ0n) is 13.8. The van der Waals surface area contributed by atoms with E-state index in [1.165, 1.54) is 15.9 Å². The highest BCUT2D eigenvalue weighted by Gasteiger charge is 2.14. The highest BCUT2D eigenvalue weighted by Crippen LogP contribution is 2.25. The van der Waals surface area contributed by atoms with E-state index in [9.17, 15) is 14.4 Å². The third-order valence-electron chi connectivity index (χ3n) is 4.13. The van der Waals surface area contributed by atoms with E-state index >= 15 is 0 Å². The summed E-state index contributed by atoms with van der Waals surface area (Å²) in [6.07, 6.45) is 0.00848. The van der Waals surface area contributed by atoms with E-state index in [4.69, 9.17) is 0 Å². The molecule has 0 bridgehead atoms. The van der Waals surface area contributed by atoms with Gasteiger partial charge in [-0.25, -0.2) is 9.78 Å². The number of anilines is 1. The molecule has 0 saturated heterocycles. The number of H-pyrrole nitrogens is 1. The lowest BCUT2D eigenvalue weighted by Gasteiger charge is -2.08. The first kappa shape index (κ1) is 16.2. The van der Waals surface area contributed by atoms with Crippen LogP contribution in [0.3, 0.4) is 0 Å². The summed E-state index contributed by atoms with van der Waals surface area (Å²) in [6.45, 7) is 0. The van der Waals surface area contributed by atoms with E-state index in [2.05, 4.69) is 15.3 Å². The Balaban J connectivity index is 1.66. The number of fused-ring (bicyclic) bond motifs is 2. The Kier molecular flexibility index (Phi) is 3.89. The van der Waals surface area contributed by atoms with E-state index in [-0.39, 0.29) is 12.3 Å². The topological polar surface area (TPSA) is 96.9 Å². The number of nitrogens with one attached hydrogen (secondary N) is 2. The molecule has 0 fully saturated rings. The van der Waals surface area contributed by atoms with Crippen LogP contribution < -0.4 is 16.6 Å². The summed E-state index contributed by atoms with van der Waals surface area (Å²) in [7, 11) is 1.57. The van der Waals surface area contributed by atoms with E-state index in [0.29, 0.717) is 21.6 Å². The van der Waals surface area contributed by atoms with Crippen LogP contribution in [0.2, 0.25) is 0 Å². The molecule has 26 heavy (non-hydrogen) atoms. The lowest BCUT2D eigenvalue weighted by molar-refractivity contribution is -0.115. The molecule has 2 aromatic carbocycles. The average Bonchev–Trinajstić information content (AvgIpc) is 3.01. The number of hydrogen-bond donors (Lipinski definition) is 2. The number of amides is 1. The van der Waals surface area contributed by atoms with Crippen LogP contribution in [0.1, 0.15) is 5.56 Å². The number of hydrogen-bond acceptors (Lipinski definition) is 5. The molecule has 0 saturated carbocycles. The summed E-state index contributed by atoms with van der Waals surface area (Å²) in [5, 5.41) is 3.63. The Labute approximate surface area is 150 Å². The normalized spacial score (nSPS) is 11.1. The fourth-order valence-corrected chi connectivity index (χ4v) is 3.77. The van der Waals surface area contributed by atoms with E-state index in [1.54, 1.807) is 25.2 Å². The number of aromatic nitrogens is 3. The summed E-state index contributed by atoms with van der Waals surface area (Å²) in [4.78, 5) is 43.0. The monoisotopic (exact) mass is 366 g/mol. The molecule has 1 amide bonds. The van der Waals surface area contributed by atoms with Crippen LogP contribution >= 0.6 is 11.3 Å². The fraction of sp³-hybridized carbons (Fsp3) is 0.111. The van der Waals surface area contributed by atoms with Gasteiger partial charge in [0.25, 0.3) is 5.56 Å². The number of aryl methyl sites for hydroxylation is 1. The zero-order valence-corrected chi connectivity index (χ0v) is 14.6. The second kappa shape index (κ2) is 6.23. The highest BCUT2D eigenvalue weighted by atomic mass is 32.1. The molecule has 2 N–H and O–H groups in total. The predicted octanol–water partition coefficient (Wildman–Crippen LogP) is 2.02. The van der Waals surface area contributed by atoms with E-state index in [0.717, 1.165) is 10.2 Å². The summed E-state index contributed by atoms with van der Waals surface area (Å²) < 4.78 is 2.34. The van der Waals surface area contributed by atoms with Gasteiger partial charge in [-0.3, -0.25) is 19.1 Å².